The third-order valence-corrected chi connectivity index (χ3v) is 10.0. The molecule has 3 saturated carbocycles. The van der Waals surface area contributed by atoms with Crippen LogP contribution in [0.5, 0.6) is 0 Å². The van der Waals surface area contributed by atoms with Gasteiger partial charge in [-0.15, -0.1) is 0 Å². The van der Waals surface area contributed by atoms with Crippen LogP contribution < -0.4 is 5.73 Å². The third-order valence-electron chi connectivity index (χ3n) is 10.0. The van der Waals surface area contributed by atoms with E-state index in [0.717, 1.165) is 48.0 Å². The molecule has 0 amide bonds. The summed E-state index contributed by atoms with van der Waals surface area (Å²) in [4.78, 5) is 12.5. The highest BCUT2D eigenvalue weighted by molar-refractivity contribution is 6.06. The number of carbonyl (C=O) groups is 1. The Kier molecular flexibility index (Phi) is 9.44. The largest absolute Gasteiger partial charge is 0.504 e. The summed E-state index contributed by atoms with van der Waals surface area (Å²) < 4.78 is 0. The first kappa shape index (κ1) is 29.6. The molecule has 0 aromatic rings. The summed E-state index contributed by atoms with van der Waals surface area (Å²) in [6, 6.07) is 0. The topological polar surface area (TPSA) is 83.5 Å². The molecule has 0 spiro atoms. The summed E-state index contributed by atoms with van der Waals surface area (Å²) in [6.07, 6.45) is 15.5. The van der Waals surface area contributed by atoms with Crippen LogP contribution in [0.15, 0.2) is 46.3 Å². The summed E-state index contributed by atoms with van der Waals surface area (Å²) in [5.74, 6) is 2.13. The van der Waals surface area contributed by atoms with Crippen LogP contribution in [-0.4, -0.2) is 30.2 Å². The maximum Gasteiger partial charge on any atom is 0.220 e. The Morgan fingerprint density at radius 2 is 1.57 bits per heavy atom. The molecule has 0 aromatic heterocycles. The number of aliphatic hydroxyl groups is 2. The Hall–Kier alpha value is -1.65. The molecule has 6 unspecified atom stereocenters. The van der Waals surface area contributed by atoms with E-state index in [9.17, 15) is 9.90 Å². The lowest BCUT2D eigenvalue weighted by Gasteiger charge is -2.64. The zero-order chi connectivity index (χ0) is 26.8. The summed E-state index contributed by atoms with van der Waals surface area (Å²) in [5, 5.41) is 17.2. The molecule has 198 valence electrons. The lowest BCUT2D eigenvalue weighted by Crippen LogP contribution is -2.55. The fourth-order valence-corrected chi connectivity index (χ4v) is 8.08. The molecule has 0 aromatic carbocycles. The van der Waals surface area contributed by atoms with Gasteiger partial charge < -0.3 is 15.9 Å². The van der Waals surface area contributed by atoms with Crippen LogP contribution >= 0.6 is 0 Å². The standard InChI is InChI=1S/C27H36O2.C2H6.CH5N.CH4O/c1-16-8-10-25(3)12-13-27(5)19(21(25)14-16)9-11-26(4)20-15-22(28)24(29)17(2)18(20)6-7-23(26)27;3*1-2/h6-7,15-16,19,21,29H,8-14H2,1-5H3;1-2H3;2H2,1H3;2H,1H3. The number of fused-ring (bicyclic) bond motifs is 7. The first-order valence-corrected chi connectivity index (χ1v) is 13.7. The van der Waals surface area contributed by atoms with Crippen molar-refractivity contribution in [1.29, 1.82) is 0 Å². The molecule has 5 aliphatic carbocycles. The monoisotopic (exact) mass is 485 g/mol. The number of aliphatic hydroxyl groups excluding tert-OH is 2. The molecule has 0 bridgehead atoms. The Bertz CT molecular complexity index is 926. The van der Waals surface area contributed by atoms with Gasteiger partial charge in [0.2, 0.25) is 5.78 Å². The number of rotatable bonds is 0. The molecule has 0 radical (unpaired) electrons. The number of allylic oxidation sites excluding steroid dienone is 7. The molecule has 3 fully saturated rings. The smallest absolute Gasteiger partial charge is 0.220 e. The van der Waals surface area contributed by atoms with E-state index in [1.165, 1.54) is 45.6 Å². The molecule has 5 aliphatic rings. The normalized spacial score (nSPS) is 39.1. The Balaban J connectivity index is 0.000000671. The summed E-state index contributed by atoms with van der Waals surface area (Å²) in [7, 11) is 2.50. The van der Waals surface area contributed by atoms with Gasteiger partial charge >= 0.3 is 0 Å². The van der Waals surface area contributed by atoms with Gasteiger partial charge in [0.15, 0.2) is 5.76 Å². The van der Waals surface area contributed by atoms with E-state index in [1.807, 2.05) is 20.8 Å². The molecular weight excluding hydrogens is 434 g/mol. The van der Waals surface area contributed by atoms with Crippen LogP contribution in [0.3, 0.4) is 0 Å². The van der Waals surface area contributed by atoms with E-state index in [4.69, 9.17) is 5.11 Å². The van der Waals surface area contributed by atoms with Crippen LogP contribution in [0.4, 0.5) is 0 Å². The number of nitrogens with two attached hydrogens (primary N) is 1. The maximum atomic E-state index is 12.5. The van der Waals surface area contributed by atoms with Crippen LogP contribution in [0.2, 0.25) is 0 Å². The summed E-state index contributed by atoms with van der Waals surface area (Å²) in [6.45, 7) is 15.8. The van der Waals surface area contributed by atoms with Crippen molar-refractivity contribution in [1.82, 2.24) is 0 Å². The van der Waals surface area contributed by atoms with Gasteiger partial charge in [-0.05, 0) is 98.3 Å². The third kappa shape index (κ3) is 4.62. The summed E-state index contributed by atoms with van der Waals surface area (Å²) >= 11 is 0. The highest BCUT2D eigenvalue weighted by atomic mass is 16.3. The number of ketones is 1. The lowest BCUT2D eigenvalue weighted by molar-refractivity contribution is -0.114. The first-order chi connectivity index (χ1) is 16.6. The first-order valence-electron chi connectivity index (χ1n) is 13.7. The van der Waals surface area contributed by atoms with Crippen LogP contribution in [-0.2, 0) is 4.79 Å². The predicted molar refractivity (Wildman–Crippen MR) is 147 cm³/mol. The van der Waals surface area contributed by atoms with Crippen LogP contribution in [0, 0.1) is 34.0 Å². The second-order valence-electron chi connectivity index (χ2n) is 11.6. The predicted octanol–water partition coefficient (Wildman–Crippen LogP) is 7.06. The van der Waals surface area contributed by atoms with Crippen molar-refractivity contribution in [3.8, 4) is 0 Å². The van der Waals surface area contributed by atoms with Gasteiger partial charge in [0.1, 0.15) is 0 Å². The molecule has 4 nitrogen and oxygen atoms in total. The highest BCUT2D eigenvalue weighted by Gasteiger charge is 2.60. The van der Waals surface area contributed by atoms with Gasteiger partial charge in [-0.1, -0.05) is 65.7 Å². The minimum Gasteiger partial charge on any atom is -0.504 e. The fourth-order valence-electron chi connectivity index (χ4n) is 8.08. The second kappa shape index (κ2) is 11.2. The zero-order valence-corrected chi connectivity index (χ0v) is 23.8. The quantitative estimate of drug-likeness (QED) is 0.343. The molecule has 5 rings (SSSR count). The van der Waals surface area contributed by atoms with E-state index in [1.54, 1.807) is 11.6 Å². The van der Waals surface area contributed by atoms with Crippen LogP contribution in [0.25, 0.3) is 0 Å². The van der Waals surface area contributed by atoms with E-state index in [0.29, 0.717) is 5.41 Å². The minimum atomic E-state index is -0.221. The fraction of sp³-hybridized carbons (Fsp3) is 0.710. The molecule has 0 heterocycles. The second-order valence-corrected chi connectivity index (χ2v) is 11.6. The molecular formula is C31H51NO3. The van der Waals surface area contributed by atoms with Gasteiger partial charge in [0, 0.05) is 18.1 Å². The Morgan fingerprint density at radius 1 is 0.943 bits per heavy atom. The molecule has 6 atom stereocenters. The molecule has 0 saturated heterocycles. The average Bonchev–Trinajstić information content (AvgIpc) is 2.87. The van der Waals surface area contributed by atoms with Crippen molar-refractivity contribution < 1.29 is 15.0 Å². The number of hydrogen-bond donors (Lipinski definition) is 3. The van der Waals surface area contributed by atoms with E-state index in [-0.39, 0.29) is 22.4 Å². The number of carbonyl (C=O) groups excluding carboxylic acids is 1. The highest BCUT2D eigenvalue weighted by Crippen LogP contribution is 2.69. The van der Waals surface area contributed by atoms with Crippen LogP contribution in [0.1, 0.15) is 93.4 Å². The van der Waals surface area contributed by atoms with Gasteiger partial charge in [0.25, 0.3) is 0 Å². The Labute approximate surface area is 214 Å². The van der Waals surface area contributed by atoms with Crippen molar-refractivity contribution in [2.45, 2.75) is 93.4 Å². The molecule has 4 N–H and O–H groups in total. The molecule has 35 heavy (non-hydrogen) atoms. The van der Waals surface area contributed by atoms with Crippen molar-refractivity contribution in [2.75, 3.05) is 14.2 Å². The van der Waals surface area contributed by atoms with Gasteiger partial charge in [-0.2, -0.15) is 0 Å². The van der Waals surface area contributed by atoms with Crippen molar-refractivity contribution in [3.05, 3.63) is 46.3 Å². The Morgan fingerprint density at radius 3 is 2.20 bits per heavy atom. The zero-order valence-electron chi connectivity index (χ0n) is 23.8. The molecule has 0 aliphatic heterocycles. The van der Waals surface area contributed by atoms with Crippen molar-refractivity contribution in [3.63, 3.8) is 0 Å². The van der Waals surface area contributed by atoms with Crippen molar-refractivity contribution in [2.24, 2.45) is 39.7 Å². The van der Waals surface area contributed by atoms with E-state index in [2.05, 4.69) is 45.6 Å². The molecule has 4 heteroatoms. The summed E-state index contributed by atoms with van der Waals surface area (Å²) in [5.41, 5.74) is 9.68. The van der Waals surface area contributed by atoms with E-state index >= 15 is 0 Å². The average molecular weight is 486 g/mol. The van der Waals surface area contributed by atoms with Gasteiger partial charge in [-0.3, -0.25) is 4.79 Å². The van der Waals surface area contributed by atoms with Crippen molar-refractivity contribution >= 4 is 5.78 Å². The van der Waals surface area contributed by atoms with E-state index < -0.39 is 0 Å². The lowest BCUT2D eigenvalue weighted by atomic mass is 9.40. The SMILES string of the molecule is CC.CC1=C(O)C(=O)C=C2C1=CC=C1C2(C)CCC2C3CC(C)CCC3(C)CCC12C.CN.CO. The van der Waals surface area contributed by atoms with Gasteiger partial charge in [0.05, 0.1) is 0 Å². The van der Waals surface area contributed by atoms with Gasteiger partial charge in [-0.25, -0.2) is 0 Å². The maximum absolute atomic E-state index is 12.5. The number of hydrogen-bond acceptors (Lipinski definition) is 4. The minimum absolute atomic E-state index is 0.0787.